The van der Waals surface area contributed by atoms with Crippen molar-refractivity contribution in [1.29, 1.82) is 0 Å². The maximum atomic E-state index is 12.3. The summed E-state index contributed by atoms with van der Waals surface area (Å²) in [6.45, 7) is 3.14. The highest BCUT2D eigenvalue weighted by atomic mass is 32.1. The Hall–Kier alpha value is -2.94. The number of nitrogens with one attached hydrogen (secondary N) is 2. The number of anilines is 1. The molecular weight excluding hydrogens is 380 g/mol. The number of carbonyl (C=O) groups is 2. The van der Waals surface area contributed by atoms with Gasteiger partial charge in [-0.15, -0.1) is 11.3 Å². The molecule has 0 radical (unpaired) electrons. The standard InChI is InChI=1S/C19H22N4O4S/c1-12-3-6-17(28-12)19(25)21-14-7-9-22(10-8-14)15-5-4-13(18(24)20-2)11-16(15)23(26)27/h3-6,11,14H,7-10H2,1-2H3,(H,20,24)(H,21,25). The molecule has 1 aliphatic rings. The van der Waals surface area contributed by atoms with Crippen LogP contribution in [0.5, 0.6) is 0 Å². The van der Waals surface area contributed by atoms with Crippen LogP contribution in [-0.2, 0) is 0 Å². The van der Waals surface area contributed by atoms with Gasteiger partial charge in [0.2, 0.25) is 0 Å². The van der Waals surface area contributed by atoms with Crippen molar-refractivity contribution in [2.45, 2.75) is 25.8 Å². The predicted molar refractivity (Wildman–Crippen MR) is 108 cm³/mol. The van der Waals surface area contributed by atoms with Gasteiger partial charge >= 0.3 is 0 Å². The third-order valence-electron chi connectivity index (χ3n) is 4.80. The van der Waals surface area contributed by atoms with Gasteiger partial charge in [0.15, 0.2) is 0 Å². The lowest BCUT2D eigenvalue weighted by Crippen LogP contribution is -2.44. The Labute approximate surface area is 166 Å². The third-order valence-corrected chi connectivity index (χ3v) is 5.80. The van der Waals surface area contributed by atoms with Gasteiger partial charge in [-0.3, -0.25) is 19.7 Å². The molecule has 1 aromatic carbocycles. The van der Waals surface area contributed by atoms with Crippen LogP contribution in [-0.4, -0.2) is 42.9 Å². The van der Waals surface area contributed by atoms with E-state index in [4.69, 9.17) is 0 Å². The fraction of sp³-hybridized carbons (Fsp3) is 0.368. The minimum Gasteiger partial charge on any atom is -0.366 e. The number of thiophene rings is 1. The Balaban J connectivity index is 1.66. The number of amides is 2. The molecular formula is C19H22N4O4S. The lowest BCUT2D eigenvalue weighted by molar-refractivity contribution is -0.384. The van der Waals surface area contributed by atoms with Crippen LogP contribution in [0.25, 0.3) is 0 Å². The van der Waals surface area contributed by atoms with Crippen molar-refractivity contribution < 1.29 is 14.5 Å². The molecule has 8 nitrogen and oxygen atoms in total. The van der Waals surface area contributed by atoms with E-state index in [9.17, 15) is 19.7 Å². The quantitative estimate of drug-likeness (QED) is 0.591. The summed E-state index contributed by atoms with van der Waals surface area (Å²) in [6.07, 6.45) is 1.40. The lowest BCUT2D eigenvalue weighted by Gasteiger charge is -2.33. The number of carbonyl (C=O) groups excluding carboxylic acids is 2. The third kappa shape index (κ3) is 4.30. The summed E-state index contributed by atoms with van der Waals surface area (Å²) >= 11 is 1.46. The number of hydrogen-bond acceptors (Lipinski definition) is 6. The molecule has 2 N–H and O–H groups in total. The number of aryl methyl sites for hydroxylation is 1. The molecule has 2 amide bonds. The van der Waals surface area contributed by atoms with Crippen LogP contribution in [0.1, 0.15) is 37.7 Å². The van der Waals surface area contributed by atoms with Crippen molar-refractivity contribution in [2.75, 3.05) is 25.0 Å². The van der Waals surface area contributed by atoms with Crippen LogP contribution >= 0.6 is 11.3 Å². The predicted octanol–water partition coefficient (Wildman–Crippen LogP) is 2.72. The minimum atomic E-state index is -0.464. The molecule has 0 spiro atoms. The molecule has 148 valence electrons. The van der Waals surface area contributed by atoms with E-state index < -0.39 is 4.92 Å². The molecule has 0 saturated carbocycles. The number of rotatable bonds is 5. The van der Waals surface area contributed by atoms with Crippen LogP contribution in [0.15, 0.2) is 30.3 Å². The molecule has 1 fully saturated rings. The summed E-state index contributed by atoms with van der Waals surface area (Å²) in [5, 5.41) is 17.0. The Kier molecular flexibility index (Phi) is 5.93. The first-order chi connectivity index (χ1) is 13.4. The summed E-state index contributed by atoms with van der Waals surface area (Å²) in [6, 6.07) is 8.30. The molecule has 0 unspecified atom stereocenters. The highest BCUT2D eigenvalue weighted by Gasteiger charge is 2.27. The zero-order valence-corrected chi connectivity index (χ0v) is 16.5. The highest BCUT2D eigenvalue weighted by molar-refractivity contribution is 7.13. The summed E-state index contributed by atoms with van der Waals surface area (Å²) in [5.74, 6) is -0.433. The van der Waals surface area contributed by atoms with E-state index in [1.807, 2.05) is 24.0 Å². The second-order valence-corrected chi connectivity index (χ2v) is 7.97. The Bertz CT molecular complexity index is 903. The Morgan fingerprint density at radius 2 is 1.89 bits per heavy atom. The number of benzene rings is 1. The Morgan fingerprint density at radius 3 is 2.46 bits per heavy atom. The van der Waals surface area contributed by atoms with Gasteiger partial charge in [0, 0.05) is 42.7 Å². The fourth-order valence-electron chi connectivity index (χ4n) is 3.30. The van der Waals surface area contributed by atoms with Gasteiger partial charge in [0.05, 0.1) is 9.80 Å². The molecule has 2 aromatic rings. The van der Waals surface area contributed by atoms with Crippen molar-refractivity contribution in [3.63, 3.8) is 0 Å². The summed E-state index contributed by atoms with van der Waals surface area (Å²) in [7, 11) is 1.48. The van der Waals surface area contributed by atoms with Gasteiger partial charge in [-0.1, -0.05) is 0 Å². The van der Waals surface area contributed by atoms with E-state index in [-0.39, 0.29) is 29.1 Å². The summed E-state index contributed by atoms with van der Waals surface area (Å²) in [5.41, 5.74) is 0.667. The van der Waals surface area contributed by atoms with Crippen LogP contribution < -0.4 is 15.5 Å². The van der Waals surface area contributed by atoms with Crippen LogP contribution in [0.3, 0.4) is 0 Å². The van der Waals surface area contributed by atoms with E-state index in [1.165, 1.54) is 24.5 Å². The first-order valence-corrected chi connectivity index (χ1v) is 9.83. The number of hydrogen-bond donors (Lipinski definition) is 2. The molecule has 0 bridgehead atoms. The van der Waals surface area contributed by atoms with Gasteiger partial charge in [-0.2, -0.15) is 0 Å². The zero-order chi connectivity index (χ0) is 20.3. The summed E-state index contributed by atoms with van der Waals surface area (Å²) < 4.78 is 0. The maximum Gasteiger partial charge on any atom is 0.293 e. The average Bonchev–Trinajstić information content (AvgIpc) is 3.14. The number of nitro benzene ring substituents is 1. The molecule has 0 aliphatic carbocycles. The van der Waals surface area contributed by atoms with Crippen molar-refractivity contribution in [3.8, 4) is 0 Å². The Morgan fingerprint density at radius 1 is 1.18 bits per heavy atom. The van der Waals surface area contributed by atoms with Crippen LogP contribution in [0.4, 0.5) is 11.4 Å². The average molecular weight is 402 g/mol. The molecule has 1 aromatic heterocycles. The second kappa shape index (κ2) is 8.39. The number of piperidine rings is 1. The first-order valence-electron chi connectivity index (χ1n) is 9.02. The normalized spacial score (nSPS) is 14.6. The molecule has 0 atom stereocenters. The fourth-order valence-corrected chi connectivity index (χ4v) is 4.07. The highest BCUT2D eigenvalue weighted by Crippen LogP contribution is 2.31. The smallest absolute Gasteiger partial charge is 0.293 e. The van der Waals surface area contributed by atoms with E-state index in [2.05, 4.69) is 10.6 Å². The van der Waals surface area contributed by atoms with E-state index in [0.29, 0.717) is 36.5 Å². The largest absolute Gasteiger partial charge is 0.366 e. The maximum absolute atomic E-state index is 12.3. The second-order valence-electron chi connectivity index (χ2n) is 6.68. The molecule has 28 heavy (non-hydrogen) atoms. The number of nitro groups is 1. The van der Waals surface area contributed by atoms with E-state index >= 15 is 0 Å². The van der Waals surface area contributed by atoms with E-state index in [0.717, 1.165) is 4.88 Å². The zero-order valence-electron chi connectivity index (χ0n) is 15.7. The summed E-state index contributed by atoms with van der Waals surface area (Å²) in [4.78, 5) is 38.8. The topological polar surface area (TPSA) is 105 Å². The van der Waals surface area contributed by atoms with Crippen molar-refractivity contribution >= 4 is 34.5 Å². The van der Waals surface area contributed by atoms with Crippen molar-refractivity contribution in [3.05, 3.63) is 55.8 Å². The van der Waals surface area contributed by atoms with E-state index in [1.54, 1.807) is 12.1 Å². The molecule has 3 rings (SSSR count). The van der Waals surface area contributed by atoms with Gasteiger partial charge < -0.3 is 15.5 Å². The van der Waals surface area contributed by atoms with Gasteiger partial charge in [-0.05, 0) is 44.0 Å². The van der Waals surface area contributed by atoms with Gasteiger partial charge in [-0.25, -0.2) is 0 Å². The van der Waals surface area contributed by atoms with Crippen LogP contribution in [0, 0.1) is 17.0 Å². The molecule has 1 saturated heterocycles. The van der Waals surface area contributed by atoms with Gasteiger partial charge in [0.1, 0.15) is 5.69 Å². The SMILES string of the molecule is CNC(=O)c1ccc(N2CCC(NC(=O)c3ccc(C)s3)CC2)c([N+](=O)[O-])c1. The minimum absolute atomic E-state index is 0.0374. The number of nitrogens with zero attached hydrogens (tertiary/aromatic N) is 2. The van der Waals surface area contributed by atoms with Crippen molar-refractivity contribution in [1.82, 2.24) is 10.6 Å². The lowest BCUT2D eigenvalue weighted by atomic mass is 10.0. The van der Waals surface area contributed by atoms with Crippen LogP contribution in [0.2, 0.25) is 0 Å². The monoisotopic (exact) mass is 402 g/mol. The van der Waals surface area contributed by atoms with Crippen molar-refractivity contribution in [2.24, 2.45) is 0 Å². The molecule has 1 aliphatic heterocycles. The first kappa shape index (κ1) is 19.8. The molecule has 9 heteroatoms. The molecule has 2 heterocycles. The van der Waals surface area contributed by atoms with Gasteiger partial charge in [0.25, 0.3) is 17.5 Å².